The van der Waals surface area contributed by atoms with Gasteiger partial charge in [0.15, 0.2) is 0 Å². The van der Waals surface area contributed by atoms with E-state index in [1.165, 1.54) is 0 Å². The maximum Gasteiger partial charge on any atom is 0.257 e. The number of hydrogen-bond acceptors (Lipinski definition) is 3. The van der Waals surface area contributed by atoms with Gasteiger partial charge in [-0.1, -0.05) is 0 Å². The fourth-order valence-corrected chi connectivity index (χ4v) is 0.923. The first-order valence-corrected chi connectivity index (χ1v) is 3.62. The quantitative estimate of drug-likeness (QED) is 0.411. The molecule has 0 aromatic heterocycles. The van der Waals surface area contributed by atoms with Crippen molar-refractivity contribution in [2.75, 3.05) is 12.3 Å². The van der Waals surface area contributed by atoms with E-state index in [9.17, 15) is 8.78 Å². The Hall–Kier alpha value is 0.0900. The lowest BCUT2D eigenvalue weighted by Gasteiger charge is -2.25. The smallest absolute Gasteiger partial charge is 0.257 e. The minimum absolute atomic E-state index is 0.0203. The number of alkyl halides is 2. The molecular weight excluding hydrogens is 164 g/mol. The van der Waals surface area contributed by atoms with E-state index < -0.39 is 5.92 Å². The van der Waals surface area contributed by atoms with Crippen LogP contribution in [-0.2, 0) is 9.32 Å². The second kappa shape index (κ2) is 3.47. The molecule has 3 nitrogen and oxygen atoms in total. The third kappa shape index (κ3) is 2.78. The van der Waals surface area contributed by atoms with Crippen LogP contribution in [0.25, 0.3) is 5.48 Å². The molecule has 0 aromatic carbocycles. The lowest BCUT2D eigenvalue weighted by molar-refractivity contribution is -0.155. The topological polar surface area (TPSA) is 32.6 Å². The number of halogens is 2. The summed E-state index contributed by atoms with van der Waals surface area (Å²) in [6.07, 6.45) is -0.274. The van der Waals surface area contributed by atoms with Crippen molar-refractivity contribution in [3.63, 3.8) is 0 Å². The van der Waals surface area contributed by atoms with Crippen LogP contribution in [0.4, 0.5) is 8.78 Å². The van der Waals surface area contributed by atoms with Gasteiger partial charge >= 0.3 is 0 Å². The number of hydroxylamine groups is 1. The van der Waals surface area contributed by atoms with Crippen molar-refractivity contribution in [3.8, 4) is 0 Å². The van der Waals surface area contributed by atoms with Gasteiger partial charge in [0.25, 0.3) is 5.92 Å². The van der Waals surface area contributed by atoms with E-state index in [-0.39, 0.29) is 18.7 Å². The minimum atomic E-state index is -2.68. The molecule has 0 radical (unpaired) electrons. The molecule has 60 valence electrons. The summed E-state index contributed by atoms with van der Waals surface area (Å²) in [5, 5.41) is 0. The van der Waals surface area contributed by atoms with Gasteiger partial charge in [-0.15, -0.1) is 6.54 Å². The summed E-state index contributed by atoms with van der Waals surface area (Å²) in [6.45, 7) is -0.0203. The molecule has 1 saturated heterocycles. The predicted molar refractivity (Wildman–Crippen MR) is 32.4 cm³/mol. The normalized spacial score (nSPS) is 27.0. The van der Waals surface area contributed by atoms with Gasteiger partial charge in [0.05, 0.1) is 5.75 Å². The van der Waals surface area contributed by atoms with Gasteiger partial charge in [-0.3, -0.25) is 0 Å². The van der Waals surface area contributed by atoms with Crippen molar-refractivity contribution < 1.29 is 18.1 Å². The van der Waals surface area contributed by atoms with E-state index in [0.29, 0.717) is 12.0 Å². The molecule has 1 aliphatic rings. The van der Waals surface area contributed by atoms with E-state index in [1.54, 1.807) is 0 Å². The number of rotatable bonds is 0. The van der Waals surface area contributed by atoms with E-state index >= 15 is 0 Å². The van der Waals surface area contributed by atoms with Crippen LogP contribution >= 0.6 is 12.0 Å². The lowest BCUT2D eigenvalue weighted by atomic mass is 10.3. The molecule has 0 N–H and O–H groups in total. The number of nitrogens with zero attached hydrogens (tertiary/aromatic N) is 1. The Morgan fingerprint density at radius 1 is 1.50 bits per heavy atom. The lowest BCUT2D eigenvalue weighted by Crippen LogP contribution is -2.22. The molecular formula is C4H6F2NO2S-. The summed E-state index contributed by atoms with van der Waals surface area (Å²) in [5.74, 6) is -3.06. The van der Waals surface area contributed by atoms with Crippen LogP contribution in [0.2, 0.25) is 0 Å². The average Bonchev–Trinajstić information content (AvgIpc) is 1.81. The first kappa shape index (κ1) is 8.19. The maximum atomic E-state index is 12.4. The zero-order valence-corrected chi connectivity index (χ0v) is 5.87. The largest absolute Gasteiger partial charge is 0.499 e. The van der Waals surface area contributed by atoms with Crippen molar-refractivity contribution >= 4 is 12.0 Å². The Morgan fingerprint density at radius 3 is 3.10 bits per heavy atom. The summed E-state index contributed by atoms with van der Waals surface area (Å²) in [7, 11) is 0. The summed E-state index contributed by atoms with van der Waals surface area (Å²) in [4.78, 5) is 4.12. The molecule has 0 unspecified atom stereocenters. The highest BCUT2D eigenvalue weighted by molar-refractivity contribution is 7.94. The second-order valence-corrected chi connectivity index (χ2v) is 2.52. The SMILES string of the molecule is FC1(F)CC[N-]OOSC1. The van der Waals surface area contributed by atoms with Gasteiger partial charge in [0, 0.05) is 12.0 Å². The van der Waals surface area contributed by atoms with Gasteiger partial charge in [-0.2, -0.15) is 4.33 Å². The standard InChI is InChI=1S/C4H6F2NO2S/c5-4(6)1-2-7-8-9-10-3-4/h1-3H2/q-1. The monoisotopic (exact) mass is 170 g/mol. The predicted octanol–water partition coefficient (Wildman–Crippen LogP) is 1.91. The molecule has 0 aromatic rings. The third-order valence-corrected chi connectivity index (χ3v) is 1.67. The van der Waals surface area contributed by atoms with Crippen molar-refractivity contribution in [1.29, 1.82) is 0 Å². The maximum absolute atomic E-state index is 12.4. The molecule has 6 heteroatoms. The summed E-state index contributed by atoms with van der Waals surface area (Å²) < 4.78 is 29.0. The molecule has 1 heterocycles. The first-order valence-electron chi connectivity index (χ1n) is 2.71. The van der Waals surface area contributed by atoms with Gasteiger partial charge in [0.1, 0.15) is 0 Å². The van der Waals surface area contributed by atoms with Crippen LogP contribution in [0.5, 0.6) is 0 Å². The van der Waals surface area contributed by atoms with Crippen LogP contribution in [0, 0.1) is 0 Å². The Bertz CT molecular complexity index is 103. The van der Waals surface area contributed by atoms with Crippen LogP contribution < -0.4 is 0 Å². The molecule has 0 amide bonds. The minimum Gasteiger partial charge on any atom is -0.499 e. The molecule has 0 aliphatic carbocycles. The Morgan fingerprint density at radius 2 is 2.30 bits per heavy atom. The molecule has 1 aliphatic heterocycles. The molecule has 0 atom stereocenters. The fourth-order valence-electron chi connectivity index (χ4n) is 0.472. The van der Waals surface area contributed by atoms with E-state index in [2.05, 4.69) is 14.8 Å². The highest BCUT2D eigenvalue weighted by atomic mass is 32.2. The molecule has 0 bridgehead atoms. The van der Waals surface area contributed by atoms with Crippen LogP contribution in [0.15, 0.2) is 0 Å². The van der Waals surface area contributed by atoms with Crippen molar-refractivity contribution in [1.82, 2.24) is 0 Å². The molecule has 10 heavy (non-hydrogen) atoms. The van der Waals surface area contributed by atoms with Gasteiger partial charge in [-0.05, 0) is 6.42 Å². The van der Waals surface area contributed by atoms with Gasteiger partial charge < -0.3 is 10.5 Å². The average molecular weight is 170 g/mol. The highest BCUT2D eigenvalue weighted by Crippen LogP contribution is 2.27. The first-order chi connectivity index (χ1) is 4.71. The Labute approximate surface area is 61.2 Å². The summed E-state index contributed by atoms with van der Waals surface area (Å²) in [5.41, 5.74) is 3.20. The third-order valence-electron chi connectivity index (χ3n) is 0.970. The Kier molecular flexibility index (Phi) is 2.84. The molecule has 0 saturated carbocycles. The zero-order valence-electron chi connectivity index (χ0n) is 5.05. The zero-order chi connectivity index (χ0) is 7.45. The van der Waals surface area contributed by atoms with Crippen LogP contribution in [-0.4, -0.2) is 18.2 Å². The van der Waals surface area contributed by atoms with E-state index in [0.717, 1.165) is 0 Å². The van der Waals surface area contributed by atoms with Crippen molar-refractivity contribution in [3.05, 3.63) is 5.48 Å². The van der Waals surface area contributed by atoms with Gasteiger partial charge in [0.2, 0.25) is 0 Å². The Balaban J connectivity index is 2.30. The number of hydrogen-bond donors (Lipinski definition) is 0. The van der Waals surface area contributed by atoms with E-state index in [1.807, 2.05) is 0 Å². The molecule has 1 rings (SSSR count). The van der Waals surface area contributed by atoms with Crippen LogP contribution in [0.3, 0.4) is 0 Å². The van der Waals surface area contributed by atoms with Crippen LogP contribution in [0.1, 0.15) is 6.42 Å². The summed E-state index contributed by atoms with van der Waals surface area (Å²) >= 11 is 0.570. The van der Waals surface area contributed by atoms with E-state index in [4.69, 9.17) is 0 Å². The molecule has 0 spiro atoms. The fraction of sp³-hybridized carbons (Fsp3) is 1.00. The summed E-state index contributed by atoms with van der Waals surface area (Å²) in [6, 6.07) is 0. The second-order valence-electron chi connectivity index (χ2n) is 1.86. The van der Waals surface area contributed by atoms with Crippen molar-refractivity contribution in [2.45, 2.75) is 12.3 Å². The highest BCUT2D eigenvalue weighted by Gasteiger charge is 2.28. The molecule has 1 fully saturated rings. The van der Waals surface area contributed by atoms with Crippen molar-refractivity contribution in [2.24, 2.45) is 0 Å². The van der Waals surface area contributed by atoms with Gasteiger partial charge in [-0.25, -0.2) is 8.78 Å².